The second-order valence-corrected chi connectivity index (χ2v) is 3.55. The lowest BCUT2D eigenvalue weighted by Gasteiger charge is -2.23. The molecule has 2 heteroatoms. The van der Waals surface area contributed by atoms with Crippen LogP contribution in [0.2, 0.25) is 0 Å². The molecule has 1 fully saturated rings. The fourth-order valence-corrected chi connectivity index (χ4v) is 1.60. The Morgan fingerprint density at radius 3 is 2.92 bits per heavy atom. The second-order valence-electron chi connectivity index (χ2n) is 3.55. The second kappa shape index (κ2) is 6.44. The van der Waals surface area contributed by atoms with E-state index in [2.05, 4.69) is 12.2 Å². The molecule has 1 atom stereocenters. The summed E-state index contributed by atoms with van der Waals surface area (Å²) in [5.74, 6) is 0. The van der Waals surface area contributed by atoms with Gasteiger partial charge in [-0.3, -0.25) is 0 Å². The molecule has 1 rings (SSSR count). The maximum absolute atomic E-state index is 5.60. The highest BCUT2D eigenvalue weighted by Crippen LogP contribution is 2.09. The Balaban J connectivity index is 1.91. The summed E-state index contributed by atoms with van der Waals surface area (Å²) in [6.45, 7) is 5.24. The molecule has 1 aliphatic heterocycles. The van der Waals surface area contributed by atoms with E-state index in [1.807, 2.05) is 0 Å². The first-order valence-electron chi connectivity index (χ1n) is 5.26. The fourth-order valence-electron chi connectivity index (χ4n) is 1.60. The van der Waals surface area contributed by atoms with E-state index in [-0.39, 0.29) is 0 Å². The van der Waals surface area contributed by atoms with Crippen LogP contribution < -0.4 is 5.32 Å². The predicted octanol–water partition coefficient (Wildman–Crippen LogP) is 1.95. The smallest absolute Gasteiger partial charge is 0.0700 e. The van der Waals surface area contributed by atoms with E-state index in [9.17, 15) is 0 Å². The van der Waals surface area contributed by atoms with Crippen LogP contribution >= 0.6 is 0 Å². The highest BCUT2D eigenvalue weighted by atomic mass is 16.5. The summed E-state index contributed by atoms with van der Waals surface area (Å²) >= 11 is 0. The quantitative estimate of drug-likeness (QED) is 0.638. The Kier molecular flexibility index (Phi) is 5.37. The molecular formula is C10H21NO. The van der Waals surface area contributed by atoms with E-state index in [0.717, 1.165) is 19.7 Å². The van der Waals surface area contributed by atoms with Crippen LogP contribution in [0, 0.1) is 0 Å². The zero-order chi connectivity index (χ0) is 8.65. The third kappa shape index (κ3) is 4.07. The lowest BCUT2D eigenvalue weighted by atomic mass is 10.1. The minimum atomic E-state index is 0.496. The predicted molar refractivity (Wildman–Crippen MR) is 51.4 cm³/mol. The van der Waals surface area contributed by atoms with Gasteiger partial charge in [-0.25, -0.2) is 0 Å². The number of morpholine rings is 1. The Labute approximate surface area is 75.7 Å². The van der Waals surface area contributed by atoms with Gasteiger partial charge >= 0.3 is 0 Å². The Morgan fingerprint density at radius 1 is 1.33 bits per heavy atom. The van der Waals surface area contributed by atoms with Crippen molar-refractivity contribution in [2.75, 3.05) is 19.7 Å². The van der Waals surface area contributed by atoms with Crippen molar-refractivity contribution < 1.29 is 4.74 Å². The monoisotopic (exact) mass is 171 g/mol. The lowest BCUT2D eigenvalue weighted by molar-refractivity contribution is 0.0221. The third-order valence-electron chi connectivity index (χ3n) is 2.38. The van der Waals surface area contributed by atoms with Crippen LogP contribution in [0.25, 0.3) is 0 Å². The van der Waals surface area contributed by atoms with E-state index in [4.69, 9.17) is 4.74 Å². The third-order valence-corrected chi connectivity index (χ3v) is 2.38. The Bertz CT molecular complexity index is 100. The first kappa shape index (κ1) is 10.0. The number of hydrogen-bond donors (Lipinski definition) is 1. The van der Waals surface area contributed by atoms with Gasteiger partial charge in [-0.05, 0) is 6.42 Å². The summed E-state index contributed by atoms with van der Waals surface area (Å²) in [6.07, 6.45) is 7.14. The van der Waals surface area contributed by atoms with Gasteiger partial charge in [-0.2, -0.15) is 0 Å². The van der Waals surface area contributed by atoms with Gasteiger partial charge in [0.15, 0.2) is 0 Å². The average Bonchev–Trinajstić information content (AvgIpc) is 2.14. The summed E-state index contributed by atoms with van der Waals surface area (Å²) in [5.41, 5.74) is 0. The number of unbranched alkanes of at least 4 members (excludes halogenated alkanes) is 3. The molecule has 0 spiro atoms. The molecule has 0 unspecified atom stereocenters. The van der Waals surface area contributed by atoms with Crippen molar-refractivity contribution >= 4 is 0 Å². The molecule has 0 radical (unpaired) electrons. The van der Waals surface area contributed by atoms with Crippen molar-refractivity contribution in [3.63, 3.8) is 0 Å². The lowest BCUT2D eigenvalue weighted by Crippen LogP contribution is -2.38. The van der Waals surface area contributed by atoms with E-state index in [1.165, 1.54) is 32.1 Å². The minimum absolute atomic E-state index is 0.496. The van der Waals surface area contributed by atoms with Gasteiger partial charge in [0.2, 0.25) is 0 Å². The maximum Gasteiger partial charge on any atom is 0.0700 e. The van der Waals surface area contributed by atoms with E-state index in [0.29, 0.717) is 6.10 Å². The number of nitrogens with one attached hydrogen (secondary N) is 1. The zero-order valence-corrected chi connectivity index (χ0v) is 8.14. The van der Waals surface area contributed by atoms with Gasteiger partial charge < -0.3 is 10.1 Å². The fraction of sp³-hybridized carbons (Fsp3) is 1.00. The molecule has 1 aliphatic rings. The molecule has 12 heavy (non-hydrogen) atoms. The van der Waals surface area contributed by atoms with Crippen molar-refractivity contribution in [3.05, 3.63) is 0 Å². The van der Waals surface area contributed by atoms with Gasteiger partial charge in [0.05, 0.1) is 12.7 Å². The Hall–Kier alpha value is -0.0800. The summed E-state index contributed by atoms with van der Waals surface area (Å²) in [5, 5.41) is 3.35. The van der Waals surface area contributed by atoms with Crippen molar-refractivity contribution in [2.24, 2.45) is 0 Å². The van der Waals surface area contributed by atoms with Crippen molar-refractivity contribution in [3.8, 4) is 0 Å². The largest absolute Gasteiger partial charge is 0.376 e. The number of hydrogen-bond acceptors (Lipinski definition) is 2. The van der Waals surface area contributed by atoms with E-state index in [1.54, 1.807) is 0 Å². The van der Waals surface area contributed by atoms with Crippen LogP contribution in [0.4, 0.5) is 0 Å². The molecule has 1 N–H and O–H groups in total. The molecule has 72 valence electrons. The maximum atomic E-state index is 5.60. The highest BCUT2D eigenvalue weighted by Gasteiger charge is 2.11. The molecule has 0 aromatic carbocycles. The molecule has 0 aromatic heterocycles. The molecule has 2 nitrogen and oxygen atoms in total. The van der Waals surface area contributed by atoms with Gasteiger partial charge in [0, 0.05) is 13.1 Å². The summed E-state index contributed by atoms with van der Waals surface area (Å²) in [4.78, 5) is 0. The highest BCUT2D eigenvalue weighted by molar-refractivity contribution is 4.66. The molecule has 0 amide bonds. The van der Waals surface area contributed by atoms with E-state index >= 15 is 0 Å². The SMILES string of the molecule is CCCCCC[C@H]1CNCCO1. The number of ether oxygens (including phenoxy) is 1. The van der Waals surface area contributed by atoms with Crippen LogP contribution in [-0.4, -0.2) is 25.8 Å². The molecule has 0 aromatic rings. The molecule has 1 saturated heterocycles. The average molecular weight is 171 g/mol. The molecule has 0 bridgehead atoms. The molecule has 0 aliphatic carbocycles. The van der Waals surface area contributed by atoms with Crippen LogP contribution in [0.15, 0.2) is 0 Å². The van der Waals surface area contributed by atoms with Gasteiger partial charge in [0.25, 0.3) is 0 Å². The number of rotatable bonds is 5. The van der Waals surface area contributed by atoms with Crippen molar-refractivity contribution in [1.82, 2.24) is 5.32 Å². The molecule has 1 heterocycles. The van der Waals surface area contributed by atoms with Gasteiger partial charge in [0.1, 0.15) is 0 Å². The van der Waals surface area contributed by atoms with Crippen LogP contribution in [0.5, 0.6) is 0 Å². The summed E-state index contributed by atoms with van der Waals surface area (Å²) in [6, 6.07) is 0. The van der Waals surface area contributed by atoms with Crippen LogP contribution in [0.3, 0.4) is 0 Å². The summed E-state index contributed by atoms with van der Waals surface area (Å²) < 4.78 is 5.60. The van der Waals surface area contributed by atoms with Gasteiger partial charge in [-0.1, -0.05) is 32.6 Å². The first-order valence-corrected chi connectivity index (χ1v) is 5.26. The summed E-state index contributed by atoms with van der Waals surface area (Å²) in [7, 11) is 0. The topological polar surface area (TPSA) is 21.3 Å². The van der Waals surface area contributed by atoms with Gasteiger partial charge in [-0.15, -0.1) is 0 Å². The standard InChI is InChI=1S/C10H21NO/c1-2-3-4-5-6-10-9-11-7-8-12-10/h10-11H,2-9H2,1H3/t10-/m0/s1. The van der Waals surface area contributed by atoms with Crippen molar-refractivity contribution in [1.29, 1.82) is 0 Å². The molecule has 0 saturated carbocycles. The zero-order valence-electron chi connectivity index (χ0n) is 8.14. The minimum Gasteiger partial charge on any atom is -0.376 e. The van der Waals surface area contributed by atoms with Crippen LogP contribution in [-0.2, 0) is 4.74 Å². The normalized spacial score (nSPS) is 24.2. The Morgan fingerprint density at radius 2 is 2.25 bits per heavy atom. The van der Waals surface area contributed by atoms with Crippen molar-refractivity contribution in [2.45, 2.75) is 45.1 Å². The van der Waals surface area contributed by atoms with E-state index < -0.39 is 0 Å². The first-order chi connectivity index (χ1) is 5.93. The van der Waals surface area contributed by atoms with Crippen LogP contribution in [0.1, 0.15) is 39.0 Å². The molecular weight excluding hydrogens is 150 g/mol.